The summed E-state index contributed by atoms with van der Waals surface area (Å²) >= 11 is 0. The van der Waals surface area contributed by atoms with Crippen LogP contribution in [0.4, 0.5) is 0 Å². The van der Waals surface area contributed by atoms with Gasteiger partial charge in [-0.3, -0.25) is 9.69 Å². The molecule has 0 aliphatic carbocycles. The van der Waals surface area contributed by atoms with E-state index in [1.165, 1.54) is 5.56 Å². The molecule has 3 aromatic rings. The number of benzene rings is 2. The van der Waals surface area contributed by atoms with Gasteiger partial charge < -0.3 is 9.32 Å². The third-order valence-electron chi connectivity index (χ3n) is 5.01. The molecule has 0 unspecified atom stereocenters. The lowest BCUT2D eigenvalue weighted by atomic mass is 10.2. The van der Waals surface area contributed by atoms with E-state index in [0.29, 0.717) is 24.6 Å². The molecule has 2 aromatic carbocycles. The van der Waals surface area contributed by atoms with Gasteiger partial charge in [0.1, 0.15) is 0 Å². The van der Waals surface area contributed by atoms with Crippen LogP contribution in [0.1, 0.15) is 17.9 Å². The largest absolute Gasteiger partial charge is 0.421 e. The van der Waals surface area contributed by atoms with Gasteiger partial charge >= 0.3 is 0 Å². The summed E-state index contributed by atoms with van der Waals surface area (Å²) in [5, 5.41) is 8.15. The van der Waals surface area contributed by atoms with Crippen LogP contribution < -0.4 is 0 Å². The normalized spacial score (nSPS) is 14.9. The number of hydrogen-bond donors (Lipinski definition) is 0. The highest BCUT2D eigenvalue weighted by molar-refractivity contribution is 5.76. The minimum atomic E-state index is 0.152. The molecule has 1 saturated heterocycles. The molecular formula is C22H24N4O2. The van der Waals surface area contributed by atoms with Gasteiger partial charge in [0.05, 0.1) is 0 Å². The Morgan fingerprint density at radius 1 is 0.893 bits per heavy atom. The molecule has 2 heterocycles. The average Bonchev–Trinajstić information content (AvgIpc) is 3.23. The van der Waals surface area contributed by atoms with Crippen LogP contribution >= 0.6 is 0 Å². The Bertz CT molecular complexity index is 887. The van der Waals surface area contributed by atoms with Crippen molar-refractivity contribution in [2.75, 3.05) is 26.2 Å². The predicted octanol–water partition coefficient (Wildman–Crippen LogP) is 3.01. The van der Waals surface area contributed by atoms with Crippen LogP contribution in [0.25, 0.3) is 11.5 Å². The monoisotopic (exact) mass is 376 g/mol. The number of hydrogen-bond acceptors (Lipinski definition) is 5. The van der Waals surface area contributed by atoms with Crippen molar-refractivity contribution in [1.82, 2.24) is 20.0 Å². The number of aryl methyl sites for hydroxylation is 1. The fraction of sp³-hybridized carbons (Fsp3) is 0.318. The van der Waals surface area contributed by atoms with Gasteiger partial charge in [-0.25, -0.2) is 0 Å². The lowest BCUT2D eigenvalue weighted by molar-refractivity contribution is -0.133. The highest BCUT2D eigenvalue weighted by atomic mass is 16.4. The lowest BCUT2D eigenvalue weighted by Crippen LogP contribution is -2.48. The van der Waals surface area contributed by atoms with Crippen molar-refractivity contribution in [2.45, 2.75) is 19.4 Å². The van der Waals surface area contributed by atoms with Crippen molar-refractivity contribution in [3.63, 3.8) is 0 Å². The van der Waals surface area contributed by atoms with Crippen LogP contribution in [0.2, 0.25) is 0 Å². The van der Waals surface area contributed by atoms with Crippen LogP contribution in [0.3, 0.4) is 0 Å². The number of rotatable bonds is 6. The minimum absolute atomic E-state index is 0.152. The Labute approximate surface area is 164 Å². The summed E-state index contributed by atoms with van der Waals surface area (Å²) in [7, 11) is 0. The zero-order chi connectivity index (χ0) is 19.2. The number of nitrogens with zero attached hydrogens (tertiary/aromatic N) is 4. The first-order valence-corrected chi connectivity index (χ1v) is 9.70. The third kappa shape index (κ3) is 4.64. The first-order chi connectivity index (χ1) is 13.8. The lowest BCUT2D eigenvalue weighted by Gasteiger charge is -2.34. The standard InChI is InChI=1S/C22H24N4O2/c27-21(12-11-20-23-24-22(28-20)19-9-5-2-6-10-19)26-15-13-25(14-16-26)17-18-7-3-1-4-8-18/h1-10H,11-17H2. The Morgan fingerprint density at radius 3 is 2.29 bits per heavy atom. The van der Waals surface area contributed by atoms with Gasteiger partial charge in [-0.1, -0.05) is 48.5 Å². The van der Waals surface area contributed by atoms with E-state index in [9.17, 15) is 4.79 Å². The van der Waals surface area contributed by atoms with Gasteiger partial charge in [-0.15, -0.1) is 10.2 Å². The Hall–Kier alpha value is -2.99. The molecular weight excluding hydrogens is 352 g/mol. The van der Waals surface area contributed by atoms with E-state index in [1.807, 2.05) is 41.3 Å². The number of amides is 1. The molecule has 0 saturated carbocycles. The molecule has 1 amide bonds. The van der Waals surface area contributed by atoms with Crippen molar-refractivity contribution in [3.8, 4) is 11.5 Å². The molecule has 1 aromatic heterocycles. The van der Waals surface area contributed by atoms with Gasteiger partial charge in [-0.2, -0.15) is 0 Å². The smallest absolute Gasteiger partial charge is 0.247 e. The molecule has 0 radical (unpaired) electrons. The second kappa shape index (κ2) is 8.80. The molecule has 1 aliphatic rings. The molecule has 1 fully saturated rings. The molecule has 0 spiro atoms. The SMILES string of the molecule is O=C(CCc1nnc(-c2ccccc2)o1)N1CCN(Cc2ccccc2)CC1. The third-order valence-corrected chi connectivity index (χ3v) is 5.01. The van der Waals surface area contributed by atoms with Crippen molar-refractivity contribution in [1.29, 1.82) is 0 Å². The first-order valence-electron chi connectivity index (χ1n) is 9.70. The molecule has 1 aliphatic heterocycles. The summed E-state index contributed by atoms with van der Waals surface area (Å²) in [5.41, 5.74) is 2.20. The van der Waals surface area contributed by atoms with Gasteiger partial charge in [-0.05, 0) is 17.7 Å². The first kappa shape index (κ1) is 18.4. The van der Waals surface area contributed by atoms with Crippen LogP contribution in [-0.4, -0.2) is 52.1 Å². The molecule has 144 valence electrons. The van der Waals surface area contributed by atoms with Crippen molar-refractivity contribution in [2.24, 2.45) is 0 Å². The molecule has 0 N–H and O–H groups in total. The molecule has 0 atom stereocenters. The van der Waals surface area contributed by atoms with E-state index in [2.05, 4.69) is 39.4 Å². The summed E-state index contributed by atoms with van der Waals surface area (Å²) < 4.78 is 5.69. The summed E-state index contributed by atoms with van der Waals surface area (Å²) in [6, 6.07) is 20.1. The molecule has 6 nitrogen and oxygen atoms in total. The maximum Gasteiger partial charge on any atom is 0.247 e. The van der Waals surface area contributed by atoms with Gasteiger partial charge in [0.15, 0.2) is 0 Å². The maximum atomic E-state index is 12.5. The second-order valence-corrected chi connectivity index (χ2v) is 7.01. The summed E-state index contributed by atoms with van der Waals surface area (Å²) in [5.74, 6) is 1.16. The van der Waals surface area contributed by atoms with Gasteiger partial charge in [0.25, 0.3) is 0 Å². The summed E-state index contributed by atoms with van der Waals surface area (Å²) in [4.78, 5) is 16.9. The zero-order valence-corrected chi connectivity index (χ0v) is 15.8. The van der Waals surface area contributed by atoms with Crippen LogP contribution in [0.5, 0.6) is 0 Å². The minimum Gasteiger partial charge on any atom is -0.421 e. The quantitative estimate of drug-likeness (QED) is 0.662. The fourth-order valence-electron chi connectivity index (χ4n) is 3.42. The van der Waals surface area contributed by atoms with Gasteiger partial charge in [0, 0.05) is 51.1 Å². The number of carbonyl (C=O) groups excluding carboxylic acids is 1. The van der Waals surface area contributed by atoms with Crippen molar-refractivity contribution in [3.05, 3.63) is 72.1 Å². The zero-order valence-electron chi connectivity index (χ0n) is 15.8. The summed E-state index contributed by atoms with van der Waals surface area (Å²) in [6.07, 6.45) is 0.873. The number of aromatic nitrogens is 2. The summed E-state index contributed by atoms with van der Waals surface area (Å²) in [6.45, 7) is 4.28. The maximum absolute atomic E-state index is 12.5. The van der Waals surface area contributed by atoms with Crippen molar-refractivity contribution >= 4 is 5.91 Å². The van der Waals surface area contributed by atoms with Crippen LogP contribution in [0, 0.1) is 0 Å². The topological polar surface area (TPSA) is 62.5 Å². The van der Waals surface area contributed by atoms with Crippen LogP contribution in [-0.2, 0) is 17.8 Å². The van der Waals surface area contributed by atoms with E-state index in [0.717, 1.165) is 38.3 Å². The molecule has 0 bridgehead atoms. The van der Waals surface area contributed by atoms with Crippen LogP contribution in [0.15, 0.2) is 65.1 Å². The Kier molecular flexibility index (Phi) is 5.77. The van der Waals surface area contributed by atoms with E-state index >= 15 is 0 Å². The van der Waals surface area contributed by atoms with E-state index in [4.69, 9.17) is 4.42 Å². The molecule has 28 heavy (non-hydrogen) atoms. The molecule has 6 heteroatoms. The Morgan fingerprint density at radius 2 is 1.57 bits per heavy atom. The highest BCUT2D eigenvalue weighted by Gasteiger charge is 2.21. The highest BCUT2D eigenvalue weighted by Crippen LogP contribution is 2.18. The number of piperazine rings is 1. The fourth-order valence-corrected chi connectivity index (χ4v) is 3.42. The second-order valence-electron chi connectivity index (χ2n) is 7.01. The van der Waals surface area contributed by atoms with E-state index < -0.39 is 0 Å². The van der Waals surface area contributed by atoms with Crippen molar-refractivity contribution < 1.29 is 9.21 Å². The molecule has 4 rings (SSSR count). The average molecular weight is 376 g/mol. The number of carbonyl (C=O) groups is 1. The van der Waals surface area contributed by atoms with E-state index in [1.54, 1.807) is 0 Å². The van der Waals surface area contributed by atoms with E-state index in [-0.39, 0.29) is 5.91 Å². The predicted molar refractivity (Wildman–Crippen MR) is 106 cm³/mol. The van der Waals surface area contributed by atoms with Gasteiger partial charge in [0.2, 0.25) is 17.7 Å². The Balaban J connectivity index is 1.23.